The molecule has 1 fully saturated rings. The first kappa shape index (κ1) is 14.2. The van der Waals surface area contributed by atoms with E-state index in [4.69, 9.17) is 15.2 Å². The van der Waals surface area contributed by atoms with Gasteiger partial charge in [0.1, 0.15) is 5.75 Å². The molecule has 2 rings (SSSR count). The van der Waals surface area contributed by atoms with Crippen LogP contribution in [0.4, 0.5) is 5.69 Å². The van der Waals surface area contributed by atoms with Crippen LogP contribution in [0.25, 0.3) is 0 Å². The van der Waals surface area contributed by atoms with E-state index in [9.17, 15) is 9.59 Å². The largest absolute Gasteiger partial charge is 0.495 e. The minimum Gasteiger partial charge on any atom is -0.495 e. The van der Waals surface area contributed by atoms with Gasteiger partial charge in [0.25, 0.3) is 5.91 Å². The summed E-state index contributed by atoms with van der Waals surface area (Å²) < 4.78 is 9.81. The van der Waals surface area contributed by atoms with E-state index in [0.717, 1.165) is 0 Å². The molecule has 1 aliphatic heterocycles. The molecule has 0 aliphatic carbocycles. The van der Waals surface area contributed by atoms with Crippen LogP contribution >= 0.6 is 0 Å². The van der Waals surface area contributed by atoms with E-state index in [1.165, 1.54) is 14.2 Å². The third-order valence-corrected chi connectivity index (χ3v) is 3.49. The summed E-state index contributed by atoms with van der Waals surface area (Å²) in [5.41, 5.74) is 6.71. The normalized spacial score (nSPS) is 17.9. The standard InChI is InChI=1S/C14H18N2O4/c1-19-12-7-9(3-4-11(12)15)13(17)16-6-5-10(8-16)14(18)20-2/h3-4,7,10H,5-6,8,15H2,1-2H3. The third-order valence-electron chi connectivity index (χ3n) is 3.49. The fourth-order valence-electron chi connectivity index (χ4n) is 2.33. The fourth-order valence-corrected chi connectivity index (χ4v) is 2.33. The average molecular weight is 278 g/mol. The van der Waals surface area contributed by atoms with E-state index >= 15 is 0 Å². The van der Waals surface area contributed by atoms with Gasteiger partial charge in [-0.15, -0.1) is 0 Å². The molecular weight excluding hydrogens is 260 g/mol. The van der Waals surface area contributed by atoms with E-state index in [0.29, 0.717) is 36.5 Å². The van der Waals surface area contributed by atoms with Gasteiger partial charge in [0.15, 0.2) is 0 Å². The molecule has 0 bridgehead atoms. The molecule has 1 aromatic rings. The number of ether oxygens (including phenoxy) is 2. The van der Waals surface area contributed by atoms with Crippen molar-refractivity contribution in [3.05, 3.63) is 23.8 Å². The minimum atomic E-state index is -0.268. The molecule has 1 saturated heterocycles. The Morgan fingerprint density at radius 2 is 2.10 bits per heavy atom. The van der Waals surface area contributed by atoms with Crippen LogP contribution in [0.15, 0.2) is 18.2 Å². The molecular formula is C14H18N2O4. The molecule has 20 heavy (non-hydrogen) atoms. The zero-order chi connectivity index (χ0) is 14.7. The van der Waals surface area contributed by atoms with Gasteiger partial charge in [0, 0.05) is 18.7 Å². The summed E-state index contributed by atoms with van der Waals surface area (Å²) in [5, 5.41) is 0. The van der Waals surface area contributed by atoms with Crippen LogP contribution in [-0.4, -0.2) is 44.1 Å². The third kappa shape index (κ3) is 2.68. The molecule has 1 unspecified atom stereocenters. The van der Waals surface area contributed by atoms with Crippen molar-refractivity contribution in [2.45, 2.75) is 6.42 Å². The van der Waals surface area contributed by atoms with Crippen molar-refractivity contribution < 1.29 is 19.1 Å². The van der Waals surface area contributed by atoms with Gasteiger partial charge >= 0.3 is 5.97 Å². The number of nitrogens with two attached hydrogens (primary N) is 1. The van der Waals surface area contributed by atoms with Gasteiger partial charge in [0.2, 0.25) is 0 Å². The Hall–Kier alpha value is -2.24. The smallest absolute Gasteiger partial charge is 0.310 e. The quantitative estimate of drug-likeness (QED) is 0.656. The molecule has 1 amide bonds. The predicted octanol–water partition coefficient (Wildman–Crippen LogP) is 0.912. The number of nitrogen functional groups attached to an aromatic ring is 1. The highest BCUT2D eigenvalue weighted by Crippen LogP contribution is 2.25. The zero-order valence-corrected chi connectivity index (χ0v) is 11.6. The number of benzene rings is 1. The van der Waals surface area contributed by atoms with Crippen molar-refractivity contribution in [3.63, 3.8) is 0 Å². The molecule has 0 spiro atoms. The van der Waals surface area contributed by atoms with Crippen molar-refractivity contribution in [1.29, 1.82) is 0 Å². The number of carbonyl (C=O) groups is 2. The topological polar surface area (TPSA) is 81.9 Å². The number of hydrogen-bond acceptors (Lipinski definition) is 5. The summed E-state index contributed by atoms with van der Waals surface area (Å²) >= 11 is 0. The Balaban J connectivity index is 2.11. The highest BCUT2D eigenvalue weighted by Gasteiger charge is 2.32. The van der Waals surface area contributed by atoms with E-state index in [2.05, 4.69) is 0 Å². The molecule has 2 N–H and O–H groups in total. The first-order valence-corrected chi connectivity index (χ1v) is 6.37. The molecule has 1 aromatic carbocycles. The Kier molecular flexibility index (Phi) is 4.12. The van der Waals surface area contributed by atoms with Gasteiger partial charge in [-0.05, 0) is 24.6 Å². The zero-order valence-electron chi connectivity index (χ0n) is 11.6. The minimum absolute atomic E-state index is 0.130. The van der Waals surface area contributed by atoms with Crippen molar-refractivity contribution in [2.75, 3.05) is 33.0 Å². The molecule has 6 nitrogen and oxygen atoms in total. The monoisotopic (exact) mass is 278 g/mol. The van der Waals surface area contributed by atoms with Crippen LogP contribution in [-0.2, 0) is 9.53 Å². The van der Waals surface area contributed by atoms with Gasteiger partial charge in [-0.3, -0.25) is 9.59 Å². The maximum atomic E-state index is 12.4. The van der Waals surface area contributed by atoms with Crippen molar-refractivity contribution in [1.82, 2.24) is 4.90 Å². The Morgan fingerprint density at radius 1 is 1.35 bits per heavy atom. The number of rotatable bonds is 3. The average Bonchev–Trinajstić information content (AvgIpc) is 2.96. The number of likely N-dealkylation sites (tertiary alicyclic amines) is 1. The van der Waals surface area contributed by atoms with Crippen molar-refractivity contribution in [2.24, 2.45) is 5.92 Å². The summed E-state index contributed by atoms with van der Waals surface area (Å²) in [6.07, 6.45) is 0.629. The summed E-state index contributed by atoms with van der Waals surface area (Å²) in [4.78, 5) is 25.5. The number of methoxy groups -OCH3 is 2. The molecule has 1 aliphatic rings. The Labute approximate surface area is 117 Å². The molecule has 0 saturated carbocycles. The Bertz CT molecular complexity index is 530. The molecule has 0 radical (unpaired) electrons. The summed E-state index contributed by atoms with van der Waals surface area (Å²) in [6.45, 7) is 0.934. The number of anilines is 1. The van der Waals surface area contributed by atoms with Gasteiger partial charge in [-0.2, -0.15) is 0 Å². The highest BCUT2D eigenvalue weighted by molar-refractivity contribution is 5.95. The summed E-state index contributed by atoms with van der Waals surface area (Å²) in [7, 11) is 2.86. The summed E-state index contributed by atoms with van der Waals surface area (Å²) in [6, 6.07) is 4.91. The second kappa shape index (κ2) is 5.81. The fraction of sp³-hybridized carbons (Fsp3) is 0.429. The van der Waals surface area contributed by atoms with Crippen LogP contribution < -0.4 is 10.5 Å². The number of nitrogens with zero attached hydrogens (tertiary/aromatic N) is 1. The van der Waals surface area contributed by atoms with Crippen LogP contribution in [0, 0.1) is 5.92 Å². The van der Waals surface area contributed by atoms with Crippen molar-refractivity contribution in [3.8, 4) is 5.75 Å². The molecule has 1 atom stereocenters. The van der Waals surface area contributed by atoms with Gasteiger partial charge in [-0.1, -0.05) is 0 Å². The first-order valence-electron chi connectivity index (χ1n) is 6.37. The van der Waals surface area contributed by atoms with Crippen LogP contribution in [0.3, 0.4) is 0 Å². The lowest BCUT2D eigenvalue weighted by Gasteiger charge is -2.17. The summed E-state index contributed by atoms with van der Waals surface area (Å²) in [5.74, 6) is -0.163. The second-order valence-corrected chi connectivity index (χ2v) is 4.72. The van der Waals surface area contributed by atoms with Crippen LogP contribution in [0.1, 0.15) is 16.8 Å². The highest BCUT2D eigenvalue weighted by atomic mass is 16.5. The molecule has 6 heteroatoms. The lowest BCUT2D eigenvalue weighted by atomic mass is 10.1. The van der Waals surface area contributed by atoms with E-state index in [1.807, 2.05) is 0 Å². The maximum absolute atomic E-state index is 12.4. The van der Waals surface area contributed by atoms with E-state index < -0.39 is 0 Å². The molecule has 1 heterocycles. The SMILES string of the molecule is COC(=O)C1CCN(C(=O)c2ccc(N)c(OC)c2)C1. The predicted molar refractivity (Wildman–Crippen MR) is 73.4 cm³/mol. The molecule has 108 valence electrons. The second-order valence-electron chi connectivity index (χ2n) is 4.72. The van der Waals surface area contributed by atoms with Gasteiger partial charge in [-0.25, -0.2) is 0 Å². The first-order chi connectivity index (χ1) is 9.56. The number of amides is 1. The lowest BCUT2D eigenvalue weighted by Crippen LogP contribution is -2.30. The van der Waals surface area contributed by atoms with Crippen LogP contribution in [0.5, 0.6) is 5.75 Å². The maximum Gasteiger partial charge on any atom is 0.310 e. The van der Waals surface area contributed by atoms with Gasteiger partial charge in [0.05, 0.1) is 25.8 Å². The number of hydrogen-bond donors (Lipinski definition) is 1. The molecule has 0 aromatic heterocycles. The Morgan fingerprint density at radius 3 is 2.75 bits per heavy atom. The van der Waals surface area contributed by atoms with Crippen molar-refractivity contribution >= 4 is 17.6 Å². The van der Waals surface area contributed by atoms with E-state index in [1.54, 1.807) is 23.1 Å². The lowest BCUT2D eigenvalue weighted by molar-refractivity contribution is -0.144. The van der Waals surface area contributed by atoms with Crippen LogP contribution in [0.2, 0.25) is 0 Å². The van der Waals surface area contributed by atoms with Gasteiger partial charge < -0.3 is 20.1 Å². The number of carbonyl (C=O) groups excluding carboxylic acids is 2. The van der Waals surface area contributed by atoms with E-state index in [-0.39, 0.29) is 17.8 Å². The number of esters is 1.